The number of nitrogens with one attached hydrogen (secondary N) is 1. The normalized spacial score (nSPS) is 16.2. The molecule has 0 bridgehead atoms. The molecule has 2 aromatic heterocycles. The minimum absolute atomic E-state index is 0.0296. The summed E-state index contributed by atoms with van der Waals surface area (Å²) in [5, 5.41) is 9.40. The van der Waals surface area contributed by atoms with Gasteiger partial charge < -0.3 is 5.32 Å². The first-order chi connectivity index (χ1) is 13.8. The molecule has 1 aliphatic carbocycles. The van der Waals surface area contributed by atoms with Gasteiger partial charge in [0.15, 0.2) is 5.16 Å². The number of fused-ring (bicyclic) bond motifs is 4. The van der Waals surface area contributed by atoms with Crippen LogP contribution in [0.2, 0.25) is 0 Å². The topological polar surface area (TPSA) is 59.3 Å². The van der Waals surface area contributed by atoms with Gasteiger partial charge in [0.25, 0.3) is 0 Å². The Morgan fingerprint density at radius 3 is 2.96 bits per heavy atom. The van der Waals surface area contributed by atoms with Gasteiger partial charge in [-0.05, 0) is 42.5 Å². The second-order valence-corrected chi connectivity index (χ2v) is 7.98. The van der Waals surface area contributed by atoms with Crippen molar-refractivity contribution in [3.05, 3.63) is 71.9 Å². The Balaban J connectivity index is 1.34. The summed E-state index contributed by atoms with van der Waals surface area (Å²) in [5.41, 5.74) is 4.53. The van der Waals surface area contributed by atoms with E-state index in [1.165, 1.54) is 22.9 Å². The van der Waals surface area contributed by atoms with E-state index in [-0.39, 0.29) is 11.9 Å². The Bertz CT molecular complexity index is 1170. The van der Waals surface area contributed by atoms with Crippen molar-refractivity contribution in [3.63, 3.8) is 0 Å². The van der Waals surface area contributed by atoms with Gasteiger partial charge in [-0.2, -0.15) is 5.10 Å². The van der Waals surface area contributed by atoms with Crippen LogP contribution >= 0.6 is 11.8 Å². The number of para-hydroxylation sites is 1. The van der Waals surface area contributed by atoms with Gasteiger partial charge in [-0.15, -0.1) is 0 Å². The molecule has 2 heterocycles. The fourth-order valence-electron chi connectivity index (χ4n) is 3.96. The van der Waals surface area contributed by atoms with Gasteiger partial charge >= 0.3 is 0 Å². The quantitative estimate of drug-likeness (QED) is 0.421. The average molecular weight is 388 g/mol. The van der Waals surface area contributed by atoms with Crippen LogP contribution in [0.1, 0.15) is 30.0 Å². The number of benzene rings is 2. The molecule has 2 aromatic carbocycles. The zero-order valence-corrected chi connectivity index (χ0v) is 16.2. The van der Waals surface area contributed by atoms with Crippen molar-refractivity contribution in [1.82, 2.24) is 19.9 Å². The van der Waals surface area contributed by atoms with Crippen LogP contribution in [0.15, 0.2) is 66.0 Å². The lowest BCUT2D eigenvalue weighted by Gasteiger charge is -2.26. The number of hydrogen-bond donors (Lipinski definition) is 1. The van der Waals surface area contributed by atoms with E-state index in [9.17, 15) is 4.79 Å². The maximum Gasteiger partial charge on any atom is 0.230 e. The van der Waals surface area contributed by atoms with Crippen LogP contribution in [0, 0.1) is 0 Å². The van der Waals surface area contributed by atoms with Crippen LogP contribution in [-0.2, 0) is 11.2 Å². The molecule has 6 heteroatoms. The number of carbonyl (C=O) groups excluding carboxylic acids is 1. The smallest absolute Gasteiger partial charge is 0.230 e. The van der Waals surface area contributed by atoms with Crippen molar-refractivity contribution in [2.75, 3.05) is 5.75 Å². The molecule has 0 saturated carbocycles. The maximum atomic E-state index is 12.6. The molecular weight excluding hydrogens is 368 g/mol. The van der Waals surface area contributed by atoms with E-state index < -0.39 is 0 Å². The molecule has 0 unspecified atom stereocenters. The number of amides is 1. The Labute approximate surface area is 167 Å². The van der Waals surface area contributed by atoms with Crippen molar-refractivity contribution in [2.24, 2.45) is 0 Å². The van der Waals surface area contributed by atoms with E-state index in [0.29, 0.717) is 5.75 Å². The van der Waals surface area contributed by atoms with E-state index >= 15 is 0 Å². The summed E-state index contributed by atoms with van der Waals surface area (Å²) in [7, 11) is 0. The molecule has 1 atom stereocenters. The van der Waals surface area contributed by atoms with Crippen LogP contribution in [-0.4, -0.2) is 26.3 Å². The molecule has 0 radical (unpaired) electrons. The highest BCUT2D eigenvalue weighted by Crippen LogP contribution is 2.30. The molecule has 4 aromatic rings. The third-order valence-electron chi connectivity index (χ3n) is 5.26. The van der Waals surface area contributed by atoms with E-state index in [4.69, 9.17) is 4.98 Å². The summed E-state index contributed by atoms with van der Waals surface area (Å²) < 4.78 is 1.82. The van der Waals surface area contributed by atoms with E-state index in [0.717, 1.165) is 40.8 Å². The largest absolute Gasteiger partial charge is 0.349 e. The van der Waals surface area contributed by atoms with Gasteiger partial charge in [0.1, 0.15) is 0 Å². The molecule has 0 spiro atoms. The molecule has 0 aliphatic heterocycles. The highest BCUT2D eigenvalue weighted by atomic mass is 32.2. The summed E-state index contributed by atoms with van der Waals surface area (Å²) in [6, 6.07) is 18.5. The third kappa shape index (κ3) is 3.14. The third-order valence-corrected chi connectivity index (χ3v) is 6.19. The molecule has 28 heavy (non-hydrogen) atoms. The fourth-order valence-corrected chi connectivity index (χ4v) is 4.74. The molecule has 1 amide bonds. The van der Waals surface area contributed by atoms with Crippen LogP contribution in [0.5, 0.6) is 0 Å². The zero-order valence-electron chi connectivity index (χ0n) is 15.3. The summed E-state index contributed by atoms with van der Waals surface area (Å²) in [6.07, 6.45) is 4.96. The Kier molecular flexibility index (Phi) is 4.49. The molecular formula is C22H20N4OS. The number of thioether (sulfide) groups is 1. The predicted octanol–water partition coefficient (Wildman–Crippen LogP) is 4.17. The highest BCUT2D eigenvalue weighted by molar-refractivity contribution is 7.99. The number of aryl methyl sites for hydroxylation is 1. The SMILES string of the molecule is O=C(CSc1nc2ccccc2c2ccnn12)N[C@@H]1CCCc2ccccc21. The molecule has 5 rings (SSSR count). The van der Waals surface area contributed by atoms with Crippen LogP contribution < -0.4 is 5.32 Å². The molecule has 140 valence electrons. The number of hydrogen-bond acceptors (Lipinski definition) is 4. The molecule has 5 nitrogen and oxygen atoms in total. The maximum absolute atomic E-state index is 12.6. The van der Waals surface area contributed by atoms with Gasteiger partial charge in [0, 0.05) is 5.39 Å². The standard InChI is InChI=1S/C22H20N4OS/c27-21(24-18-11-5-7-15-6-1-2-8-16(15)18)14-28-22-25-19-10-4-3-9-17(19)20-12-13-23-26(20)22/h1-4,6,8-10,12-13,18H,5,7,11,14H2,(H,24,27)/t18-/m1/s1. The first-order valence-corrected chi connectivity index (χ1v) is 10.5. The summed E-state index contributed by atoms with van der Waals surface area (Å²) in [5.74, 6) is 0.348. The first kappa shape index (κ1) is 17.3. The molecule has 0 fully saturated rings. The summed E-state index contributed by atoms with van der Waals surface area (Å²) in [6.45, 7) is 0. The van der Waals surface area contributed by atoms with Crippen LogP contribution in [0.4, 0.5) is 0 Å². The summed E-state index contributed by atoms with van der Waals surface area (Å²) in [4.78, 5) is 17.4. The second kappa shape index (κ2) is 7.28. The fraction of sp³-hybridized carbons (Fsp3) is 0.227. The van der Waals surface area contributed by atoms with Crippen molar-refractivity contribution in [2.45, 2.75) is 30.5 Å². The van der Waals surface area contributed by atoms with Gasteiger partial charge in [0.05, 0.1) is 29.0 Å². The van der Waals surface area contributed by atoms with Gasteiger partial charge in [0.2, 0.25) is 5.91 Å². The average Bonchev–Trinajstić information content (AvgIpc) is 3.23. The van der Waals surface area contributed by atoms with Gasteiger partial charge in [-0.25, -0.2) is 9.50 Å². The zero-order chi connectivity index (χ0) is 18.9. The molecule has 0 saturated heterocycles. The van der Waals surface area contributed by atoms with Crippen molar-refractivity contribution < 1.29 is 4.79 Å². The van der Waals surface area contributed by atoms with Gasteiger partial charge in [-0.1, -0.05) is 54.2 Å². The Morgan fingerprint density at radius 1 is 1.14 bits per heavy atom. The lowest BCUT2D eigenvalue weighted by molar-refractivity contribution is -0.119. The number of rotatable bonds is 4. The van der Waals surface area contributed by atoms with E-state index in [1.54, 1.807) is 6.20 Å². The monoisotopic (exact) mass is 388 g/mol. The van der Waals surface area contributed by atoms with E-state index in [2.05, 4.69) is 28.6 Å². The number of nitrogens with zero attached hydrogens (tertiary/aromatic N) is 3. The van der Waals surface area contributed by atoms with Crippen LogP contribution in [0.3, 0.4) is 0 Å². The lowest BCUT2D eigenvalue weighted by Crippen LogP contribution is -2.32. The number of carbonyl (C=O) groups is 1. The van der Waals surface area contributed by atoms with E-state index in [1.807, 2.05) is 40.9 Å². The minimum Gasteiger partial charge on any atom is -0.349 e. The lowest BCUT2D eigenvalue weighted by atomic mass is 9.88. The van der Waals surface area contributed by atoms with Crippen molar-refractivity contribution >= 4 is 34.1 Å². The highest BCUT2D eigenvalue weighted by Gasteiger charge is 2.21. The van der Waals surface area contributed by atoms with Crippen LogP contribution in [0.25, 0.3) is 16.4 Å². The molecule has 1 N–H and O–H groups in total. The second-order valence-electron chi connectivity index (χ2n) is 7.04. The Morgan fingerprint density at radius 2 is 2.00 bits per heavy atom. The van der Waals surface area contributed by atoms with Gasteiger partial charge in [-0.3, -0.25) is 4.79 Å². The van der Waals surface area contributed by atoms with Crippen molar-refractivity contribution in [3.8, 4) is 0 Å². The Hall–Kier alpha value is -2.86. The predicted molar refractivity (Wildman–Crippen MR) is 111 cm³/mol. The number of aromatic nitrogens is 3. The molecule has 1 aliphatic rings. The minimum atomic E-state index is 0.0296. The summed E-state index contributed by atoms with van der Waals surface area (Å²) >= 11 is 1.42. The van der Waals surface area contributed by atoms with Crippen molar-refractivity contribution in [1.29, 1.82) is 0 Å². The first-order valence-electron chi connectivity index (χ1n) is 9.52.